The number of benzene rings is 3. The van der Waals surface area contributed by atoms with Crippen LogP contribution in [-0.2, 0) is 4.79 Å². The van der Waals surface area contributed by atoms with E-state index in [1.807, 2.05) is 60.7 Å². The van der Waals surface area contributed by atoms with Crippen molar-refractivity contribution >= 4 is 35.2 Å². The molecule has 3 N–H and O–H groups in total. The Morgan fingerprint density at radius 1 is 0.839 bits per heavy atom. The van der Waals surface area contributed by atoms with Gasteiger partial charge in [-0.05, 0) is 47.6 Å². The van der Waals surface area contributed by atoms with Crippen LogP contribution in [0.2, 0.25) is 0 Å². The standard InChI is InChI=1S/C24H21N3O3S/c1-30-21-10-6-5-9-19(21)15-16-22(28)25-24(31)27-26-23(29)20-13-11-18(12-14-20)17-7-3-2-4-8-17/h2-16H,1H3,(H,26,29)(H2,25,27,28,31). The predicted octanol–water partition coefficient (Wildman–Crippen LogP) is 3.71. The van der Waals surface area contributed by atoms with Gasteiger partial charge < -0.3 is 4.74 Å². The normalized spacial score (nSPS) is 10.4. The molecule has 0 aliphatic carbocycles. The van der Waals surface area contributed by atoms with Gasteiger partial charge in [-0.15, -0.1) is 0 Å². The summed E-state index contributed by atoms with van der Waals surface area (Å²) in [6.07, 6.45) is 2.94. The Hall–Kier alpha value is -3.97. The fraction of sp³-hybridized carbons (Fsp3) is 0.0417. The van der Waals surface area contributed by atoms with Gasteiger partial charge in [0.15, 0.2) is 5.11 Å². The van der Waals surface area contributed by atoms with Crippen LogP contribution in [0.5, 0.6) is 5.75 Å². The van der Waals surface area contributed by atoms with Crippen molar-refractivity contribution in [2.75, 3.05) is 7.11 Å². The number of amides is 2. The number of ether oxygens (including phenoxy) is 1. The van der Waals surface area contributed by atoms with Gasteiger partial charge in [0.05, 0.1) is 7.11 Å². The Morgan fingerprint density at radius 3 is 2.19 bits per heavy atom. The SMILES string of the molecule is COc1ccccc1C=CC(=O)NC(=S)NNC(=O)c1ccc(-c2ccccc2)cc1. The zero-order valence-corrected chi connectivity index (χ0v) is 17.6. The van der Waals surface area contributed by atoms with Crippen LogP contribution in [0, 0.1) is 0 Å². The first kappa shape index (κ1) is 21.7. The highest BCUT2D eigenvalue weighted by molar-refractivity contribution is 7.80. The molecule has 0 heterocycles. The highest BCUT2D eigenvalue weighted by atomic mass is 32.1. The van der Waals surface area contributed by atoms with E-state index in [2.05, 4.69) is 16.2 Å². The van der Waals surface area contributed by atoms with Gasteiger partial charge in [-0.3, -0.25) is 25.8 Å². The number of hydrogen-bond donors (Lipinski definition) is 3. The van der Waals surface area contributed by atoms with Gasteiger partial charge in [0, 0.05) is 17.2 Å². The molecule has 6 nitrogen and oxygen atoms in total. The van der Waals surface area contributed by atoms with E-state index >= 15 is 0 Å². The highest BCUT2D eigenvalue weighted by Crippen LogP contribution is 2.19. The molecule has 0 saturated heterocycles. The minimum Gasteiger partial charge on any atom is -0.496 e. The third-order valence-electron chi connectivity index (χ3n) is 4.33. The van der Waals surface area contributed by atoms with Gasteiger partial charge >= 0.3 is 0 Å². The fourth-order valence-corrected chi connectivity index (χ4v) is 2.94. The van der Waals surface area contributed by atoms with Gasteiger partial charge in [0.1, 0.15) is 5.75 Å². The average Bonchev–Trinajstić information content (AvgIpc) is 2.82. The Labute approximate surface area is 185 Å². The van der Waals surface area contributed by atoms with Crippen molar-refractivity contribution in [1.82, 2.24) is 16.2 Å². The smallest absolute Gasteiger partial charge is 0.269 e. The van der Waals surface area contributed by atoms with Crippen LogP contribution in [0.3, 0.4) is 0 Å². The first-order valence-electron chi connectivity index (χ1n) is 9.44. The van der Waals surface area contributed by atoms with E-state index in [0.29, 0.717) is 11.3 Å². The van der Waals surface area contributed by atoms with E-state index < -0.39 is 5.91 Å². The summed E-state index contributed by atoms with van der Waals surface area (Å²) < 4.78 is 5.23. The summed E-state index contributed by atoms with van der Waals surface area (Å²) in [5, 5.41) is 2.44. The molecule has 31 heavy (non-hydrogen) atoms. The number of nitrogens with one attached hydrogen (secondary N) is 3. The van der Waals surface area contributed by atoms with Crippen molar-refractivity contribution in [1.29, 1.82) is 0 Å². The van der Waals surface area contributed by atoms with E-state index in [9.17, 15) is 9.59 Å². The Kier molecular flexibility index (Phi) is 7.50. The second-order valence-electron chi connectivity index (χ2n) is 6.42. The minimum atomic E-state index is -0.440. The van der Waals surface area contributed by atoms with Gasteiger partial charge in [0.25, 0.3) is 5.91 Å². The third-order valence-corrected chi connectivity index (χ3v) is 4.54. The van der Waals surface area contributed by atoms with Crippen LogP contribution < -0.4 is 20.9 Å². The molecule has 0 fully saturated rings. The lowest BCUT2D eigenvalue weighted by Gasteiger charge is -2.10. The number of carbonyl (C=O) groups is 2. The molecule has 2 amide bonds. The number of carbonyl (C=O) groups excluding carboxylic acids is 2. The van der Waals surface area contributed by atoms with Crippen LogP contribution in [0.4, 0.5) is 0 Å². The lowest BCUT2D eigenvalue weighted by Crippen LogP contribution is -2.48. The second-order valence-corrected chi connectivity index (χ2v) is 6.82. The van der Waals surface area contributed by atoms with E-state index in [4.69, 9.17) is 17.0 Å². The molecule has 3 rings (SSSR count). The minimum absolute atomic E-state index is 0.0241. The number of para-hydroxylation sites is 1. The summed E-state index contributed by atoms with van der Waals surface area (Å²) in [4.78, 5) is 24.3. The average molecular weight is 432 g/mol. The summed E-state index contributed by atoms with van der Waals surface area (Å²) in [6.45, 7) is 0. The summed E-state index contributed by atoms with van der Waals surface area (Å²) >= 11 is 5.05. The fourth-order valence-electron chi connectivity index (χ4n) is 2.78. The quantitative estimate of drug-likeness (QED) is 0.326. The van der Waals surface area contributed by atoms with Crippen molar-refractivity contribution in [3.05, 3.63) is 96.1 Å². The summed E-state index contributed by atoms with van der Waals surface area (Å²) in [5.74, 6) is -0.163. The van der Waals surface area contributed by atoms with Crippen molar-refractivity contribution in [2.24, 2.45) is 0 Å². The predicted molar refractivity (Wildman–Crippen MR) is 125 cm³/mol. The highest BCUT2D eigenvalue weighted by Gasteiger charge is 2.07. The number of thiocarbonyl (C=S) groups is 1. The van der Waals surface area contributed by atoms with Gasteiger partial charge in [-0.1, -0.05) is 60.7 Å². The molecule has 3 aromatic carbocycles. The van der Waals surface area contributed by atoms with Crippen LogP contribution in [0.15, 0.2) is 84.9 Å². The maximum Gasteiger partial charge on any atom is 0.269 e. The molecule has 0 radical (unpaired) electrons. The monoisotopic (exact) mass is 431 g/mol. The summed E-state index contributed by atoms with van der Waals surface area (Å²) in [5.41, 5.74) is 8.27. The Balaban J connectivity index is 1.49. The van der Waals surface area contributed by atoms with Crippen LogP contribution in [-0.4, -0.2) is 24.0 Å². The molecule has 0 saturated carbocycles. The van der Waals surface area contributed by atoms with Crippen LogP contribution in [0.25, 0.3) is 17.2 Å². The molecule has 0 aromatic heterocycles. The van der Waals surface area contributed by atoms with E-state index in [0.717, 1.165) is 16.7 Å². The van der Waals surface area contributed by atoms with Gasteiger partial charge in [-0.2, -0.15) is 0 Å². The molecular formula is C24H21N3O3S. The van der Waals surface area contributed by atoms with E-state index in [1.54, 1.807) is 31.4 Å². The van der Waals surface area contributed by atoms with E-state index in [1.165, 1.54) is 6.08 Å². The van der Waals surface area contributed by atoms with Crippen LogP contribution in [0.1, 0.15) is 15.9 Å². The largest absolute Gasteiger partial charge is 0.496 e. The first-order chi connectivity index (χ1) is 15.1. The summed E-state index contributed by atoms with van der Waals surface area (Å²) in [7, 11) is 1.56. The molecule has 0 spiro atoms. The molecule has 156 valence electrons. The second kappa shape index (κ2) is 10.7. The van der Waals surface area contributed by atoms with Gasteiger partial charge in [-0.25, -0.2) is 0 Å². The molecular weight excluding hydrogens is 410 g/mol. The maximum absolute atomic E-state index is 12.3. The molecule has 0 bridgehead atoms. The molecule has 0 atom stereocenters. The first-order valence-corrected chi connectivity index (χ1v) is 9.85. The number of rotatable bonds is 5. The molecule has 3 aromatic rings. The van der Waals surface area contributed by atoms with Crippen molar-refractivity contribution in [3.63, 3.8) is 0 Å². The Morgan fingerprint density at radius 2 is 1.48 bits per heavy atom. The Bertz CT molecular complexity index is 1100. The molecule has 7 heteroatoms. The summed E-state index contributed by atoms with van der Waals surface area (Å²) in [6, 6.07) is 24.3. The number of hydrogen-bond acceptors (Lipinski definition) is 4. The molecule has 0 aliphatic rings. The number of methoxy groups -OCH3 is 1. The van der Waals surface area contributed by atoms with Gasteiger partial charge in [0.2, 0.25) is 5.91 Å². The third kappa shape index (κ3) is 6.25. The zero-order chi connectivity index (χ0) is 22.1. The van der Waals surface area contributed by atoms with Crippen molar-refractivity contribution in [3.8, 4) is 16.9 Å². The molecule has 0 unspecified atom stereocenters. The molecule has 0 aliphatic heterocycles. The topological polar surface area (TPSA) is 79.5 Å². The maximum atomic E-state index is 12.3. The van der Waals surface area contributed by atoms with Crippen molar-refractivity contribution in [2.45, 2.75) is 0 Å². The zero-order valence-electron chi connectivity index (χ0n) is 16.8. The van der Waals surface area contributed by atoms with Crippen LogP contribution >= 0.6 is 12.2 Å². The lowest BCUT2D eigenvalue weighted by molar-refractivity contribution is -0.115. The van der Waals surface area contributed by atoms with Crippen molar-refractivity contribution < 1.29 is 14.3 Å². The lowest BCUT2D eigenvalue weighted by atomic mass is 10.0. The van der Waals surface area contributed by atoms with E-state index in [-0.39, 0.29) is 11.0 Å². The number of hydrazine groups is 1.